The Morgan fingerprint density at radius 1 is 0.667 bits per heavy atom. The number of aromatic nitrogens is 1. The van der Waals surface area contributed by atoms with E-state index >= 15 is 0 Å². The average molecular weight is 769 g/mol. The Morgan fingerprint density at radius 2 is 1.19 bits per heavy atom. The van der Waals surface area contributed by atoms with Crippen molar-refractivity contribution >= 4 is 67.6 Å². The molecule has 0 aliphatic rings. The van der Waals surface area contributed by atoms with E-state index in [1.54, 1.807) is 29.5 Å². The summed E-state index contributed by atoms with van der Waals surface area (Å²) in [6.45, 7) is 2.48. The molecule has 0 saturated heterocycles. The van der Waals surface area contributed by atoms with Crippen molar-refractivity contribution in [2.24, 2.45) is 0 Å². The lowest BCUT2D eigenvalue weighted by atomic mass is 10.0. The highest BCUT2D eigenvalue weighted by Gasteiger charge is 2.26. The number of carbonyl (C=O) groups is 3. The van der Waals surface area contributed by atoms with Crippen LogP contribution in [0, 0.1) is 0 Å². The number of rotatable bonds is 23. The number of carbonyl (C=O) groups excluding carboxylic acids is 1. The van der Waals surface area contributed by atoms with E-state index in [1.165, 1.54) is 106 Å². The van der Waals surface area contributed by atoms with Gasteiger partial charge in [-0.2, -0.15) is 0 Å². The van der Waals surface area contributed by atoms with Crippen LogP contribution in [0.2, 0.25) is 0 Å². The predicted molar refractivity (Wildman–Crippen MR) is 221 cm³/mol. The summed E-state index contributed by atoms with van der Waals surface area (Å²) in [5, 5.41) is 32.5. The summed E-state index contributed by atoms with van der Waals surface area (Å²) in [7, 11) is 0. The summed E-state index contributed by atoms with van der Waals surface area (Å²) in [5.41, 5.74) is 0.619. The number of anilines is 1. The molecule has 0 fully saturated rings. The van der Waals surface area contributed by atoms with E-state index in [-0.39, 0.29) is 34.7 Å². The Kier molecular flexibility index (Phi) is 15.8. The van der Waals surface area contributed by atoms with Crippen LogP contribution < -0.4 is 4.90 Å². The average Bonchev–Trinajstić information content (AvgIpc) is 3.59. The Morgan fingerprint density at radius 3 is 1.74 bits per heavy atom. The number of benzene rings is 4. The summed E-state index contributed by atoms with van der Waals surface area (Å²) in [6, 6.07) is 20.6. The molecule has 1 amide bonds. The van der Waals surface area contributed by atoms with E-state index in [0.717, 1.165) is 50.2 Å². The summed E-state index contributed by atoms with van der Waals surface area (Å²) in [6.07, 6.45) is 19.3. The van der Waals surface area contributed by atoms with E-state index in [4.69, 9.17) is 4.98 Å². The normalized spacial score (nSPS) is 11.4. The van der Waals surface area contributed by atoms with Crippen molar-refractivity contribution in [1.82, 2.24) is 4.98 Å². The zero-order chi connectivity index (χ0) is 38.3. The van der Waals surface area contributed by atoms with Crippen LogP contribution in [0.25, 0.3) is 21.0 Å². The van der Waals surface area contributed by atoms with E-state index in [1.807, 2.05) is 36.4 Å². The molecule has 0 aliphatic carbocycles. The summed E-state index contributed by atoms with van der Waals surface area (Å²) >= 11 is 2.96. The van der Waals surface area contributed by atoms with E-state index in [0.29, 0.717) is 11.8 Å². The molecular formula is C44H52N2O6S2. The third kappa shape index (κ3) is 11.3. The van der Waals surface area contributed by atoms with Gasteiger partial charge in [0.15, 0.2) is 4.34 Å². The highest BCUT2D eigenvalue weighted by Crippen LogP contribution is 2.42. The van der Waals surface area contributed by atoms with Gasteiger partial charge in [0.05, 0.1) is 26.9 Å². The molecule has 0 aliphatic heterocycles. The predicted octanol–water partition coefficient (Wildman–Crippen LogP) is 12.6. The molecule has 4 aromatic carbocycles. The van der Waals surface area contributed by atoms with Crippen molar-refractivity contribution in [3.05, 3.63) is 89.5 Å². The fourth-order valence-corrected chi connectivity index (χ4v) is 9.09. The fraction of sp³-hybridized carbons (Fsp3) is 0.409. The first kappa shape index (κ1) is 40.8. The molecule has 5 aromatic rings. The standard InChI is InChI=1S/C44H52N2O6S2/c1-2-3-4-5-6-7-8-9-10-11-12-13-14-15-16-21-26-46(33-28-31(42(49)50)27-32(29-33)43(51)52)41(48)36-30-39(34-22-17-18-23-35(34)40(36)47)54-44-45-37-24-19-20-25-38(37)53-44/h17-20,22-25,27-30,47H,2-16,21,26H2,1H3,(H,49,50)(H,51,52). The highest BCUT2D eigenvalue weighted by atomic mass is 32.2. The van der Waals surface area contributed by atoms with Crippen LogP contribution in [0.3, 0.4) is 0 Å². The number of carboxylic acid groups (broad SMARTS) is 2. The Balaban J connectivity index is 1.28. The first-order valence-corrected chi connectivity index (χ1v) is 21.1. The molecule has 0 unspecified atom stereocenters. The lowest BCUT2D eigenvalue weighted by Gasteiger charge is -2.25. The van der Waals surface area contributed by atoms with Crippen molar-refractivity contribution in [3.63, 3.8) is 0 Å². The minimum absolute atomic E-state index is 0.0476. The maximum atomic E-state index is 14.6. The van der Waals surface area contributed by atoms with Gasteiger partial charge >= 0.3 is 11.9 Å². The van der Waals surface area contributed by atoms with Crippen molar-refractivity contribution in [3.8, 4) is 5.75 Å². The van der Waals surface area contributed by atoms with Crippen LogP contribution in [0.5, 0.6) is 5.75 Å². The smallest absolute Gasteiger partial charge is 0.335 e. The highest BCUT2D eigenvalue weighted by molar-refractivity contribution is 8.01. The van der Waals surface area contributed by atoms with Gasteiger partial charge in [-0.15, -0.1) is 11.3 Å². The van der Waals surface area contributed by atoms with Gasteiger partial charge in [-0.3, -0.25) is 4.79 Å². The molecule has 54 heavy (non-hydrogen) atoms. The van der Waals surface area contributed by atoms with E-state index in [2.05, 4.69) is 6.92 Å². The fourth-order valence-electron chi connectivity index (χ4n) is 6.89. The van der Waals surface area contributed by atoms with Gasteiger partial charge in [0.25, 0.3) is 5.91 Å². The number of hydrogen-bond acceptors (Lipinski definition) is 7. The number of amides is 1. The molecule has 0 bridgehead atoms. The van der Waals surface area contributed by atoms with Crippen LogP contribution in [0.1, 0.15) is 141 Å². The van der Waals surface area contributed by atoms with Crippen LogP contribution in [0.15, 0.2) is 82.0 Å². The summed E-state index contributed by atoms with van der Waals surface area (Å²) in [4.78, 5) is 45.6. The molecule has 5 rings (SSSR count). The van der Waals surface area contributed by atoms with Gasteiger partial charge in [0.2, 0.25) is 0 Å². The number of fused-ring (bicyclic) bond motifs is 2. The van der Waals surface area contributed by atoms with Crippen molar-refractivity contribution in [2.75, 3.05) is 11.4 Å². The Hall–Kier alpha value is -4.41. The van der Waals surface area contributed by atoms with Crippen molar-refractivity contribution in [1.29, 1.82) is 0 Å². The maximum Gasteiger partial charge on any atom is 0.335 e. The SMILES string of the molecule is CCCCCCCCCCCCCCCCCCN(C(=O)c1cc(Sc2nc3ccccc3s2)c2ccccc2c1O)c1cc(C(=O)O)cc(C(=O)O)c1. The summed E-state index contributed by atoms with van der Waals surface area (Å²) in [5.74, 6) is -3.31. The van der Waals surface area contributed by atoms with Gasteiger partial charge in [0.1, 0.15) is 5.75 Å². The number of aromatic carboxylic acids is 2. The summed E-state index contributed by atoms with van der Waals surface area (Å²) < 4.78 is 1.83. The number of para-hydroxylation sites is 1. The van der Waals surface area contributed by atoms with Crippen LogP contribution in [0.4, 0.5) is 5.69 Å². The third-order valence-corrected chi connectivity index (χ3v) is 12.0. The number of aromatic hydroxyl groups is 1. The maximum absolute atomic E-state index is 14.6. The number of phenolic OH excluding ortho intramolecular Hbond substituents is 1. The van der Waals surface area contributed by atoms with Gasteiger partial charge < -0.3 is 20.2 Å². The number of carboxylic acids is 2. The van der Waals surface area contributed by atoms with Crippen molar-refractivity contribution in [2.45, 2.75) is 119 Å². The first-order valence-electron chi connectivity index (χ1n) is 19.5. The monoisotopic (exact) mass is 768 g/mol. The van der Waals surface area contributed by atoms with Gasteiger partial charge in [-0.1, -0.05) is 151 Å². The molecule has 0 spiro atoms. The van der Waals surface area contributed by atoms with E-state index < -0.39 is 17.8 Å². The topological polar surface area (TPSA) is 128 Å². The lowest BCUT2D eigenvalue weighted by Crippen LogP contribution is -2.32. The second-order valence-electron chi connectivity index (χ2n) is 14.0. The Bertz CT molecular complexity index is 1960. The quantitative estimate of drug-likeness (QED) is 0.0560. The largest absolute Gasteiger partial charge is 0.506 e. The molecule has 8 nitrogen and oxygen atoms in total. The number of hydrogen-bond donors (Lipinski definition) is 3. The lowest BCUT2D eigenvalue weighted by molar-refractivity contribution is 0.0696. The van der Waals surface area contributed by atoms with Gasteiger partial charge in [-0.05, 0) is 48.2 Å². The Labute approximate surface area is 326 Å². The zero-order valence-electron chi connectivity index (χ0n) is 31.2. The number of unbranched alkanes of at least 4 members (excludes halogenated alkanes) is 15. The van der Waals surface area contributed by atoms with Gasteiger partial charge in [-0.25, -0.2) is 14.6 Å². The van der Waals surface area contributed by atoms with Crippen LogP contribution >= 0.6 is 23.1 Å². The molecule has 3 N–H and O–H groups in total. The third-order valence-electron chi connectivity index (χ3n) is 9.88. The van der Waals surface area contributed by atoms with E-state index in [9.17, 15) is 29.7 Å². The molecule has 0 radical (unpaired) electrons. The second kappa shape index (κ2) is 20.9. The van der Waals surface area contributed by atoms with Crippen LogP contribution in [-0.2, 0) is 0 Å². The molecule has 10 heteroatoms. The van der Waals surface area contributed by atoms with Gasteiger partial charge in [0, 0.05) is 22.5 Å². The number of nitrogens with zero attached hydrogens (tertiary/aromatic N) is 2. The molecule has 1 heterocycles. The minimum atomic E-state index is -1.29. The zero-order valence-corrected chi connectivity index (χ0v) is 32.9. The molecule has 1 aromatic heterocycles. The van der Waals surface area contributed by atoms with Crippen LogP contribution in [-0.4, -0.2) is 44.7 Å². The number of phenols is 1. The number of thiazole rings is 1. The molecule has 286 valence electrons. The molecule has 0 saturated carbocycles. The molecule has 0 atom stereocenters. The second-order valence-corrected chi connectivity index (χ2v) is 16.3. The first-order chi connectivity index (χ1) is 26.3. The minimum Gasteiger partial charge on any atom is -0.506 e. The molecular weight excluding hydrogens is 717 g/mol. The van der Waals surface area contributed by atoms with Crippen molar-refractivity contribution < 1.29 is 29.7 Å².